The quantitative estimate of drug-likeness (QED) is 0.0307. The molecule has 4 aromatic carbocycles. The molecule has 2 aliphatic heterocycles. The van der Waals surface area contributed by atoms with E-state index in [9.17, 15) is 36.2 Å². The predicted octanol–water partition coefficient (Wildman–Crippen LogP) is -3.54. The van der Waals surface area contributed by atoms with Crippen LogP contribution in [0.25, 0.3) is 12.2 Å². The van der Waals surface area contributed by atoms with E-state index in [0.717, 1.165) is 12.1 Å². The Kier molecular flexibility index (Phi) is 18.6. The van der Waals surface area contributed by atoms with Gasteiger partial charge in [0.2, 0.25) is 24.5 Å². The third kappa shape index (κ3) is 13.2. The van der Waals surface area contributed by atoms with E-state index in [1.54, 1.807) is 14.1 Å². The number of hydrazine groups is 2. The number of hydrogen-bond donors (Lipinski definition) is 8. The molecule has 316 valence electrons. The van der Waals surface area contributed by atoms with Gasteiger partial charge in [-0.3, -0.25) is 10.0 Å². The summed E-state index contributed by atoms with van der Waals surface area (Å²) in [6, 6.07) is 26.1. The van der Waals surface area contributed by atoms with Gasteiger partial charge >= 0.3 is 59.1 Å². The SMILES string of the molecule is CNN1C(CCO)=NC(Nc2ccccc2)=NC1Nc1ccc(C=Cc2ccc(NC3N=C(Nc4ccccc4)N=C(CCO)N3NC)cc2S(=O)(=O)[O-])c(S(=O)(=O)[O-])c1.[Na+].[Na+]. The molecule has 0 aromatic heterocycles. The summed E-state index contributed by atoms with van der Waals surface area (Å²) < 4.78 is 75.6. The number of para-hydroxylation sites is 2. The van der Waals surface area contributed by atoms with Crippen molar-refractivity contribution in [2.24, 2.45) is 20.0 Å². The van der Waals surface area contributed by atoms with Gasteiger partial charge in [0.15, 0.2) is 0 Å². The Balaban J connectivity index is 0.00000422. The zero-order valence-electron chi connectivity index (χ0n) is 34.2. The molecule has 2 heterocycles. The van der Waals surface area contributed by atoms with Crippen LogP contribution < -0.4 is 91.2 Å². The number of rotatable bonds is 16. The first-order chi connectivity index (χ1) is 28.8. The van der Waals surface area contributed by atoms with Crippen LogP contribution in [0.1, 0.15) is 24.0 Å². The second kappa shape index (κ2) is 22.9. The number of guanidine groups is 2. The topological polar surface area (TPSA) is 283 Å². The minimum absolute atomic E-state index is 0. The van der Waals surface area contributed by atoms with E-state index in [2.05, 4.69) is 52.1 Å². The van der Waals surface area contributed by atoms with Crippen molar-refractivity contribution in [1.82, 2.24) is 20.9 Å². The van der Waals surface area contributed by atoms with Gasteiger partial charge in [-0.2, -0.15) is 9.98 Å². The van der Waals surface area contributed by atoms with Crippen LogP contribution >= 0.6 is 0 Å². The molecule has 2 atom stereocenters. The van der Waals surface area contributed by atoms with Crippen LogP contribution in [0.4, 0.5) is 22.7 Å². The van der Waals surface area contributed by atoms with Gasteiger partial charge in [0, 0.05) is 49.7 Å². The molecule has 0 aliphatic carbocycles. The number of aliphatic hydroxyl groups is 2. The van der Waals surface area contributed by atoms with Gasteiger partial charge in [-0.25, -0.2) is 37.7 Å². The molecule has 20 nitrogen and oxygen atoms in total. The van der Waals surface area contributed by atoms with Gasteiger partial charge in [-0.1, -0.05) is 60.7 Å². The summed E-state index contributed by atoms with van der Waals surface area (Å²) in [6.45, 7) is -0.453. The van der Waals surface area contributed by atoms with Crippen molar-refractivity contribution in [1.29, 1.82) is 0 Å². The molecule has 24 heteroatoms. The molecular formula is C38H42N12Na2O8S2. The van der Waals surface area contributed by atoms with Gasteiger partial charge in [0.1, 0.15) is 31.9 Å². The first-order valence-electron chi connectivity index (χ1n) is 18.3. The maximum absolute atomic E-state index is 12.6. The number of nitrogens with one attached hydrogen (secondary N) is 6. The van der Waals surface area contributed by atoms with Gasteiger partial charge in [0.25, 0.3) is 0 Å². The first kappa shape index (κ1) is 50.4. The number of anilines is 4. The molecular weight excluding hydrogens is 863 g/mol. The van der Waals surface area contributed by atoms with Crippen molar-refractivity contribution in [3.8, 4) is 0 Å². The predicted molar refractivity (Wildman–Crippen MR) is 228 cm³/mol. The van der Waals surface area contributed by atoms with Crippen LogP contribution in [-0.2, 0) is 20.2 Å². The molecule has 62 heavy (non-hydrogen) atoms. The van der Waals surface area contributed by atoms with Gasteiger partial charge in [-0.05, 0) is 59.7 Å². The second-order valence-corrected chi connectivity index (χ2v) is 15.6. The van der Waals surface area contributed by atoms with Crippen LogP contribution in [0.15, 0.2) is 127 Å². The van der Waals surface area contributed by atoms with Crippen LogP contribution in [0.5, 0.6) is 0 Å². The summed E-state index contributed by atoms with van der Waals surface area (Å²) in [6.07, 6.45) is 0.859. The Morgan fingerprint density at radius 3 is 1.29 bits per heavy atom. The van der Waals surface area contributed by atoms with Gasteiger partial charge < -0.3 is 40.6 Å². The normalized spacial score (nSPS) is 16.5. The number of aliphatic hydroxyl groups excluding tert-OH is 2. The fourth-order valence-corrected chi connectivity index (χ4v) is 7.54. The minimum atomic E-state index is -5.11. The molecule has 8 N–H and O–H groups in total. The Morgan fingerprint density at radius 1 is 0.597 bits per heavy atom. The fourth-order valence-electron chi connectivity index (χ4n) is 6.14. The van der Waals surface area contributed by atoms with Crippen molar-refractivity contribution < 1.29 is 95.3 Å². The molecule has 0 saturated carbocycles. The molecule has 0 spiro atoms. The smallest absolute Gasteiger partial charge is 0.744 e. The monoisotopic (exact) mass is 904 g/mol. The molecule has 0 fully saturated rings. The Bertz CT molecular complexity index is 2380. The van der Waals surface area contributed by atoms with E-state index in [0.29, 0.717) is 23.0 Å². The second-order valence-electron chi connectivity index (χ2n) is 12.9. The Hall–Kier alpha value is -4.24. The summed E-state index contributed by atoms with van der Waals surface area (Å²) >= 11 is 0. The van der Waals surface area contributed by atoms with Crippen molar-refractivity contribution in [3.05, 3.63) is 108 Å². The van der Waals surface area contributed by atoms with Crippen molar-refractivity contribution >= 4 is 78.7 Å². The van der Waals surface area contributed by atoms with E-state index < -0.39 is 42.6 Å². The number of benzene rings is 4. The van der Waals surface area contributed by atoms with Crippen LogP contribution in [0.3, 0.4) is 0 Å². The summed E-state index contributed by atoms with van der Waals surface area (Å²) in [5, 5.41) is 34.8. The van der Waals surface area contributed by atoms with Crippen molar-refractivity contribution in [2.75, 3.05) is 48.6 Å². The maximum Gasteiger partial charge on any atom is 1.00 e. The number of nitrogens with zero attached hydrogens (tertiary/aromatic N) is 6. The standard InChI is InChI=1S/C38H44N12O8S2.2Na/c1-39-49-33(19-21-51)45-35(41-27-9-5-3-6-10-27)47-37(49)43-29-17-15-25(31(23-29)59(53,54)55)13-14-26-16-18-30(24-32(26)60(56,57)58)44-38-48-36(42-28-11-7-4-8-12-28)46-34(20-22-52)50(38)40-2;;/h3-18,23-24,37-40,43-44,51-52H,19-22H2,1-2H3,(H,41,47)(H,42,48)(H,53,54,55)(H,56,57,58);;/q;2*+1/p-2. The molecule has 0 bridgehead atoms. The number of hydrogen-bond acceptors (Lipinski definition) is 20. The van der Waals surface area contributed by atoms with Crippen LogP contribution in [0.2, 0.25) is 0 Å². The zero-order valence-corrected chi connectivity index (χ0v) is 39.9. The zero-order chi connectivity index (χ0) is 42.9. The van der Waals surface area contributed by atoms with Crippen LogP contribution in [-0.4, -0.2) is 110 Å². The Morgan fingerprint density at radius 2 is 0.968 bits per heavy atom. The van der Waals surface area contributed by atoms with Crippen molar-refractivity contribution in [3.63, 3.8) is 0 Å². The average Bonchev–Trinajstić information content (AvgIpc) is 3.21. The molecule has 2 unspecified atom stereocenters. The van der Waals surface area contributed by atoms with Crippen molar-refractivity contribution in [2.45, 2.75) is 35.2 Å². The molecule has 0 amide bonds. The third-order valence-corrected chi connectivity index (χ3v) is 10.6. The number of amidine groups is 2. The fraction of sp³-hybridized carbons (Fsp3) is 0.211. The minimum Gasteiger partial charge on any atom is -0.744 e. The third-order valence-electron chi connectivity index (χ3n) is 8.82. The average molecular weight is 905 g/mol. The summed E-state index contributed by atoms with van der Waals surface area (Å²) in [4.78, 5) is 16.9. The number of aliphatic imine (C=N–C) groups is 4. The molecule has 4 aromatic rings. The molecule has 6 rings (SSSR count). The Labute approximate surface area is 403 Å². The van der Waals surface area contributed by atoms with E-state index in [1.165, 1.54) is 46.4 Å². The summed E-state index contributed by atoms with van der Waals surface area (Å²) in [7, 11) is -7.01. The molecule has 0 radical (unpaired) electrons. The van der Waals surface area contributed by atoms with E-state index in [4.69, 9.17) is 0 Å². The summed E-state index contributed by atoms with van der Waals surface area (Å²) in [5.74, 6) is 1.21. The van der Waals surface area contributed by atoms with Gasteiger partial charge in [0.05, 0.1) is 23.0 Å². The van der Waals surface area contributed by atoms with E-state index in [1.807, 2.05) is 60.7 Å². The van der Waals surface area contributed by atoms with E-state index >= 15 is 0 Å². The summed E-state index contributed by atoms with van der Waals surface area (Å²) in [5.41, 5.74) is 7.46. The first-order valence-corrected chi connectivity index (χ1v) is 21.1. The van der Waals surface area contributed by atoms with Crippen LogP contribution in [0, 0.1) is 0 Å². The van der Waals surface area contributed by atoms with E-state index in [-0.39, 0.29) is 120 Å². The molecule has 2 aliphatic rings. The maximum atomic E-state index is 12.6. The van der Waals surface area contributed by atoms with Gasteiger partial charge in [-0.15, -0.1) is 0 Å². The largest absolute Gasteiger partial charge is 1.00 e. The molecule has 0 saturated heterocycles.